The summed E-state index contributed by atoms with van der Waals surface area (Å²) in [6, 6.07) is 13.7. The van der Waals surface area contributed by atoms with E-state index < -0.39 is 17.9 Å². The third-order valence-electron chi connectivity index (χ3n) is 3.99. The van der Waals surface area contributed by atoms with Crippen LogP contribution < -0.4 is 20.7 Å². The van der Waals surface area contributed by atoms with E-state index in [1.807, 2.05) is 30.3 Å². The van der Waals surface area contributed by atoms with E-state index >= 15 is 0 Å². The van der Waals surface area contributed by atoms with Crippen LogP contribution >= 0.6 is 11.6 Å². The number of rotatable bonds is 11. The van der Waals surface area contributed by atoms with E-state index in [4.69, 9.17) is 16.3 Å². The summed E-state index contributed by atoms with van der Waals surface area (Å²) in [5.74, 6) is -1.00. The number of halogens is 1. The van der Waals surface area contributed by atoms with Gasteiger partial charge >= 0.3 is 5.97 Å². The second kappa shape index (κ2) is 11.3. The molecular weight excluding hydrogens is 382 g/mol. The lowest BCUT2D eigenvalue weighted by atomic mass is 10.2. The van der Waals surface area contributed by atoms with Crippen LogP contribution in [-0.4, -0.2) is 43.2 Å². The Morgan fingerprint density at radius 3 is 2.54 bits per heavy atom. The molecule has 2 aromatic carbocycles. The van der Waals surface area contributed by atoms with Gasteiger partial charge in [0.05, 0.1) is 18.6 Å². The molecule has 2 aromatic rings. The van der Waals surface area contributed by atoms with Crippen molar-refractivity contribution in [3.05, 3.63) is 59.1 Å². The van der Waals surface area contributed by atoms with E-state index in [2.05, 4.69) is 16.0 Å². The third kappa shape index (κ3) is 7.19. The average Bonchev–Trinajstić information content (AvgIpc) is 2.67. The molecular formula is C20H24ClN3O4. The van der Waals surface area contributed by atoms with Gasteiger partial charge in [-0.05, 0) is 23.8 Å². The molecule has 150 valence electrons. The molecule has 1 atom stereocenters. The Labute approximate surface area is 169 Å². The summed E-state index contributed by atoms with van der Waals surface area (Å²) in [6.45, 7) is 1.69. The molecule has 0 unspecified atom stereocenters. The first-order valence-electron chi connectivity index (χ1n) is 8.84. The van der Waals surface area contributed by atoms with Crippen molar-refractivity contribution in [2.75, 3.05) is 25.5 Å². The van der Waals surface area contributed by atoms with Gasteiger partial charge in [-0.1, -0.05) is 41.9 Å². The van der Waals surface area contributed by atoms with Crippen molar-refractivity contribution < 1.29 is 19.4 Å². The van der Waals surface area contributed by atoms with Crippen molar-refractivity contribution in [3.8, 4) is 5.75 Å². The lowest BCUT2D eigenvalue weighted by Gasteiger charge is -2.15. The van der Waals surface area contributed by atoms with E-state index in [1.165, 1.54) is 7.11 Å². The molecule has 0 bridgehead atoms. The molecule has 0 aliphatic rings. The van der Waals surface area contributed by atoms with E-state index in [1.54, 1.807) is 18.2 Å². The summed E-state index contributed by atoms with van der Waals surface area (Å²) in [5.41, 5.74) is 1.62. The van der Waals surface area contributed by atoms with Crippen LogP contribution in [0.3, 0.4) is 0 Å². The van der Waals surface area contributed by atoms with Crippen LogP contribution in [0.15, 0.2) is 48.5 Å². The van der Waals surface area contributed by atoms with Crippen LogP contribution in [0.4, 0.5) is 5.69 Å². The van der Waals surface area contributed by atoms with Gasteiger partial charge < -0.3 is 25.8 Å². The molecule has 0 fully saturated rings. The fourth-order valence-electron chi connectivity index (χ4n) is 2.55. The van der Waals surface area contributed by atoms with Crippen molar-refractivity contribution >= 4 is 29.2 Å². The Morgan fingerprint density at radius 2 is 1.89 bits per heavy atom. The number of hydrogen-bond acceptors (Lipinski definition) is 5. The lowest BCUT2D eigenvalue weighted by molar-refractivity contribution is -0.141. The number of hydrogen-bond donors (Lipinski definition) is 4. The molecule has 0 radical (unpaired) electrons. The van der Waals surface area contributed by atoms with Crippen molar-refractivity contribution in [1.82, 2.24) is 10.6 Å². The van der Waals surface area contributed by atoms with Crippen molar-refractivity contribution in [1.29, 1.82) is 0 Å². The second-order valence-corrected chi connectivity index (χ2v) is 6.52. The van der Waals surface area contributed by atoms with Crippen LogP contribution in [0.25, 0.3) is 0 Å². The summed E-state index contributed by atoms with van der Waals surface area (Å²) < 4.78 is 5.06. The maximum absolute atomic E-state index is 12.2. The Kier molecular flexibility index (Phi) is 8.74. The Balaban J connectivity index is 1.76. The van der Waals surface area contributed by atoms with Crippen LogP contribution in [-0.2, 0) is 16.1 Å². The molecule has 0 saturated heterocycles. The van der Waals surface area contributed by atoms with E-state index in [9.17, 15) is 14.7 Å². The van der Waals surface area contributed by atoms with Gasteiger partial charge in [0.15, 0.2) is 0 Å². The minimum Gasteiger partial charge on any atom is -0.495 e. The van der Waals surface area contributed by atoms with Gasteiger partial charge in [0, 0.05) is 25.3 Å². The molecule has 4 N–H and O–H groups in total. The number of amides is 1. The molecule has 0 spiro atoms. The Bertz CT molecular complexity index is 786. The summed E-state index contributed by atoms with van der Waals surface area (Å²) in [4.78, 5) is 23.6. The largest absolute Gasteiger partial charge is 0.495 e. The lowest BCUT2D eigenvalue weighted by Crippen LogP contribution is -2.42. The maximum Gasteiger partial charge on any atom is 0.321 e. The van der Waals surface area contributed by atoms with Gasteiger partial charge in [-0.15, -0.1) is 0 Å². The monoisotopic (exact) mass is 405 g/mol. The summed E-state index contributed by atoms with van der Waals surface area (Å²) in [7, 11) is 1.50. The molecule has 7 nitrogen and oxygen atoms in total. The molecule has 2 rings (SSSR count). The molecule has 0 heterocycles. The number of benzene rings is 2. The quantitative estimate of drug-likeness (QED) is 0.429. The molecule has 8 heteroatoms. The molecule has 0 aliphatic carbocycles. The first-order chi connectivity index (χ1) is 13.5. The molecule has 0 saturated carbocycles. The molecule has 0 aromatic heterocycles. The number of methoxy groups -OCH3 is 1. The van der Waals surface area contributed by atoms with Gasteiger partial charge in [-0.2, -0.15) is 0 Å². The minimum absolute atomic E-state index is 0.197. The molecule has 0 aliphatic heterocycles. The van der Waals surface area contributed by atoms with Gasteiger partial charge in [0.2, 0.25) is 5.91 Å². The van der Waals surface area contributed by atoms with Crippen LogP contribution in [0.1, 0.15) is 12.0 Å². The smallest absolute Gasteiger partial charge is 0.321 e. The number of ether oxygens (including phenoxy) is 1. The fourth-order valence-corrected chi connectivity index (χ4v) is 2.81. The first kappa shape index (κ1) is 21.7. The van der Waals surface area contributed by atoms with Crippen LogP contribution in [0, 0.1) is 0 Å². The highest BCUT2D eigenvalue weighted by Gasteiger charge is 2.20. The third-order valence-corrected chi connectivity index (χ3v) is 4.28. The number of carbonyl (C=O) groups excluding carboxylic acids is 1. The van der Waals surface area contributed by atoms with E-state index in [0.29, 0.717) is 36.1 Å². The van der Waals surface area contributed by atoms with E-state index in [-0.39, 0.29) is 6.42 Å². The van der Waals surface area contributed by atoms with Crippen LogP contribution in [0.5, 0.6) is 5.75 Å². The number of carbonyl (C=O) groups is 2. The van der Waals surface area contributed by atoms with Gasteiger partial charge in [0.25, 0.3) is 0 Å². The normalized spacial score (nSPS) is 11.6. The summed E-state index contributed by atoms with van der Waals surface area (Å²) in [5, 5.41) is 18.4. The van der Waals surface area contributed by atoms with Crippen molar-refractivity contribution in [2.45, 2.75) is 19.0 Å². The standard InChI is InChI=1S/C20H24ClN3O4/c1-28-18-8-7-15(11-16(18)21)24-19(25)12-17(20(26)27)23-10-9-22-13-14-5-3-2-4-6-14/h2-8,11,17,22-23H,9-10,12-13H2,1H3,(H,24,25)(H,26,27)/t17-/m1/s1. The maximum atomic E-state index is 12.2. The zero-order valence-corrected chi connectivity index (χ0v) is 16.3. The highest BCUT2D eigenvalue weighted by Crippen LogP contribution is 2.27. The number of anilines is 1. The number of aliphatic carboxylic acids is 1. The minimum atomic E-state index is -1.08. The molecule has 28 heavy (non-hydrogen) atoms. The highest BCUT2D eigenvalue weighted by molar-refractivity contribution is 6.32. The SMILES string of the molecule is COc1ccc(NC(=O)C[C@@H](NCCNCc2ccccc2)C(=O)O)cc1Cl. The Morgan fingerprint density at radius 1 is 1.14 bits per heavy atom. The fraction of sp³-hybridized carbons (Fsp3) is 0.300. The average molecular weight is 406 g/mol. The first-order valence-corrected chi connectivity index (χ1v) is 9.21. The zero-order valence-electron chi connectivity index (χ0n) is 15.6. The number of nitrogens with one attached hydrogen (secondary N) is 3. The van der Waals surface area contributed by atoms with Gasteiger partial charge in [0.1, 0.15) is 11.8 Å². The van der Waals surface area contributed by atoms with Gasteiger partial charge in [-0.25, -0.2) is 0 Å². The van der Waals surface area contributed by atoms with Gasteiger partial charge in [-0.3, -0.25) is 9.59 Å². The van der Waals surface area contributed by atoms with Crippen molar-refractivity contribution in [2.24, 2.45) is 0 Å². The predicted octanol–water partition coefficient (Wildman–Crippen LogP) is 2.51. The molecule has 1 amide bonds. The zero-order chi connectivity index (χ0) is 20.4. The topological polar surface area (TPSA) is 99.7 Å². The number of carboxylic acids is 1. The van der Waals surface area contributed by atoms with Crippen LogP contribution in [0.2, 0.25) is 5.02 Å². The van der Waals surface area contributed by atoms with Crippen molar-refractivity contribution in [3.63, 3.8) is 0 Å². The summed E-state index contributed by atoms with van der Waals surface area (Å²) >= 11 is 6.02. The van der Waals surface area contributed by atoms with E-state index in [0.717, 1.165) is 5.56 Å². The second-order valence-electron chi connectivity index (χ2n) is 6.11. The predicted molar refractivity (Wildman–Crippen MR) is 109 cm³/mol. The highest BCUT2D eigenvalue weighted by atomic mass is 35.5. The summed E-state index contributed by atoms with van der Waals surface area (Å²) in [6.07, 6.45) is -0.197. The Hall–Kier alpha value is -2.61. The number of carboxylic acid groups (broad SMARTS) is 1.